The number of amides is 1. The lowest BCUT2D eigenvalue weighted by atomic mass is 9.97. The Morgan fingerprint density at radius 2 is 2.14 bits per heavy atom. The van der Waals surface area contributed by atoms with Crippen LogP contribution in [-0.4, -0.2) is 28.1 Å². The van der Waals surface area contributed by atoms with Crippen molar-refractivity contribution < 1.29 is 14.7 Å². The number of hydrogen-bond acceptors (Lipinski definition) is 2. The van der Waals surface area contributed by atoms with Crippen LogP contribution in [0.25, 0.3) is 0 Å². The quantitative estimate of drug-likeness (QED) is 0.794. The van der Waals surface area contributed by atoms with E-state index >= 15 is 0 Å². The van der Waals surface area contributed by atoms with Gasteiger partial charge in [0.15, 0.2) is 0 Å². The zero-order valence-electron chi connectivity index (χ0n) is 13.3. The van der Waals surface area contributed by atoms with E-state index in [1.165, 1.54) is 18.4 Å². The molecule has 0 aliphatic heterocycles. The molecule has 0 radical (unpaired) electrons. The van der Waals surface area contributed by atoms with Gasteiger partial charge in [-0.05, 0) is 44.6 Å². The van der Waals surface area contributed by atoms with Gasteiger partial charge < -0.3 is 15.0 Å². The Bertz CT molecular complexity index is 599. The summed E-state index contributed by atoms with van der Waals surface area (Å²) in [5, 5.41) is 12.2. The summed E-state index contributed by atoms with van der Waals surface area (Å²) in [5.74, 6) is -1.10. The zero-order chi connectivity index (χ0) is 16.1. The van der Waals surface area contributed by atoms with Gasteiger partial charge in [0.2, 0.25) is 5.91 Å². The van der Waals surface area contributed by atoms with Crippen LogP contribution in [0, 0.1) is 6.92 Å². The van der Waals surface area contributed by atoms with Gasteiger partial charge in [0, 0.05) is 25.5 Å². The number of nitrogens with zero attached hydrogens (tertiary/aromatic N) is 1. The van der Waals surface area contributed by atoms with E-state index in [0.717, 1.165) is 19.3 Å². The highest BCUT2D eigenvalue weighted by molar-refractivity contribution is 5.93. The van der Waals surface area contributed by atoms with Crippen molar-refractivity contribution >= 4 is 11.9 Å². The Hall–Kier alpha value is -2.04. The summed E-state index contributed by atoms with van der Waals surface area (Å²) in [6.07, 6.45) is 9.81. The molecule has 5 nitrogen and oxygen atoms in total. The fraction of sp³-hybridized carbons (Fsp3) is 0.529. The van der Waals surface area contributed by atoms with Crippen LogP contribution in [0.1, 0.15) is 53.7 Å². The summed E-state index contributed by atoms with van der Waals surface area (Å²) < 4.78 is 1.72. The monoisotopic (exact) mass is 304 g/mol. The minimum absolute atomic E-state index is 0.102. The van der Waals surface area contributed by atoms with Gasteiger partial charge in [0.25, 0.3) is 0 Å². The average molecular weight is 304 g/mol. The molecule has 2 N–H and O–H groups in total. The molecule has 1 aromatic heterocycles. The highest BCUT2D eigenvalue weighted by Crippen LogP contribution is 2.19. The van der Waals surface area contributed by atoms with Crippen molar-refractivity contribution in [2.75, 3.05) is 6.54 Å². The maximum Gasteiger partial charge on any atom is 0.337 e. The second-order valence-corrected chi connectivity index (χ2v) is 5.93. The topological polar surface area (TPSA) is 71.3 Å². The van der Waals surface area contributed by atoms with E-state index in [-0.39, 0.29) is 17.9 Å². The van der Waals surface area contributed by atoms with Gasteiger partial charge in [-0.25, -0.2) is 4.79 Å². The first-order chi connectivity index (χ1) is 10.5. The van der Waals surface area contributed by atoms with Crippen molar-refractivity contribution in [3.05, 3.63) is 34.7 Å². The second kappa shape index (κ2) is 7.29. The lowest BCUT2D eigenvalue weighted by molar-refractivity contribution is -0.120. The Balaban J connectivity index is 1.89. The van der Waals surface area contributed by atoms with E-state index in [2.05, 4.69) is 11.4 Å². The Morgan fingerprint density at radius 3 is 2.77 bits per heavy atom. The number of aromatic carboxylic acids is 1. The summed E-state index contributed by atoms with van der Waals surface area (Å²) in [6, 6.07) is 0. The number of carboxylic acid groups (broad SMARTS) is 1. The number of carbonyl (C=O) groups is 2. The fourth-order valence-corrected chi connectivity index (χ4v) is 3.05. The number of carboxylic acids is 1. The smallest absolute Gasteiger partial charge is 0.337 e. The predicted octanol–water partition coefficient (Wildman–Crippen LogP) is 2.58. The van der Waals surface area contributed by atoms with Crippen molar-refractivity contribution in [2.24, 2.45) is 7.05 Å². The number of aryl methyl sites for hydroxylation is 2. The van der Waals surface area contributed by atoms with Gasteiger partial charge in [-0.1, -0.05) is 11.6 Å². The average Bonchev–Trinajstić information content (AvgIpc) is 2.74. The second-order valence-electron chi connectivity index (χ2n) is 5.93. The van der Waals surface area contributed by atoms with Crippen LogP contribution in [0.5, 0.6) is 0 Å². The van der Waals surface area contributed by atoms with Crippen molar-refractivity contribution in [1.29, 1.82) is 0 Å². The number of hydrogen-bond donors (Lipinski definition) is 2. The van der Waals surface area contributed by atoms with Gasteiger partial charge in [-0.15, -0.1) is 0 Å². The van der Waals surface area contributed by atoms with Gasteiger partial charge in [-0.2, -0.15) is 0 Å². The molecule has 1 amide bonds. The summed E-state index contributed by atoms with van der Waals surface area (Å²) >= 11 is 0. The molecular formula is C17H24N2O3. The van der Waals surface area contributed by atoms with Crippen molar-refractivity contribution in [3.8, 4) is 0 Å². The number of aromatic nitrogens is 1. The molecule has 1 aliphatic rings. The number of nitrogens with one attached hydrogen (secondary N) is 1. The molecule has 0 fully saturated rings. The summed E-state index contributed by atoms with van der Waals surface area (Å²) in [7, 11) is 1.77. The molecule has 1 heterocycles. The van der Waals surface area contributed by atoms with Gasteiger partial charge in [0.05, 0.1) is 12.0 Å². The molecule has 22 heavy (non-hydrogen) atoms. The normalized spacial score (nSPS) is 14.5. The third-order valence-electron chi connectivity index (χ3n) is 4.19. The SMILES string of the molecule is Cc1cn(C)c(CC(=O)NCCC2=CCCCC2)c1C(=O)O. The van der Waals surface area contributed by atoms with Crippen LogP contribution in [0.2, 0.25) is 0 Å². The van der Waals surface area contributed by atoms with E-state index in [0.29, 0.717) is 17.8 Å². The van der Waals surface area contributed by atoms with E-state index in [1.807, 2.05) is 0 Å². The van der Waals surface area contributed by atoms with E-state index in [9.17, 15) is 14.7 Å². The lowest BCUT2D eigenvalue weighted by Gasteiger charge is -2.13. The van der Waals surface area contributed by atoms with E-state index in [1.54, 1.807) is 24.7 Å². The molecule has 0 spiro atoms. The van der Waals surface area contributed by atoms with E-state index < -0.39 is 5.97 Å². The first-order valence-electron chi connectivity index (χ1n) is 7.81. The first kappa shape index (κ1) is 16.3. The summed E-state index contributed by atoms with van der Waals surface area (Å²) in [5.41, 5.74) is 2.91. The Morgan fingerprint density at radius 1 is 1.36 bits per heavy atom. The standard InChI is InChI=1S/C17H24N2O3/c1-12-11-19(2)14(16(12)17(21)22)10-15(20)18-9-8-13-6-4-3-5-7-13/h6,11H,3-5,7-10H2,1-2H3,(H,18,20)(H,21,22). The molecule has 0 atom stereocenters. The number of carbonyl (C=O) groups excluding carboxylic acids is 1. The van der Waals surface area contributed by atoms with Crippen LogP contribution >= 0.6 is 0 Å². The van der Waals surface area contributed by atoms with Crippen LogP contribution in [0.3, 0.4) is 0 Å². The highest BCUT2D eigenvalue weighted by Gasteiger charge is 2.19. The van der Waals surface area contributed by atoms with Crippen molar-refractivity contribution in [1.82, 2.24) is 9.88 Å². The van der Waals surface area contributed by atoms with Crippen molar-refractivity contribution in [2.45, 2.75) is 45.4 Å². The maximum absolute atomic E-state index is 12.1. The van der Waals surface area contributed by atoms with E-state index in [4.69, 9.17) is 0 Å². The van der Waals surface area contributed by atoms with Crippen LogP contribution in [0.15, 0.2) is 17.8 Å². The third-order valence-corrected chi connectivity index (χ3v) is 4.19. The van der Waals surface area contributed by atoms with Crippen LogP contribution < -0.4 is 5.32 Å². The highest BCUT2D eigenvalue weighted by atomic mass is 16.4. The zero-order valence-corrected chi connectivity index (χ0v) is 13.3. The Kier molecular flexibility index (Phi) is 5.41. The molecule has 1 aromatic rings. The fourth-order valence-electron chi connectivity index (χ4n) is 3.05. The largest absolute Gasteiger partial charge is 0.478 e. The number of rotatable bonds is 6. The molecule has 1 aliphatic carbocycles. The minimum Gasteiger partial charge on any atom is -0.478 e. The van der Waals surface area contributed by atoms with Gasteiger partial charge in [0.1, 0.15) is 0 Å². The summed E-state index contributed by atoms with van der Waals surface area (Å²) in [4.78, 5) is 23.4. The summed E-state index contributed by atoms with van der Waals surface area (Å²) in [6.45, 7) is 2.37. The Labute approximate surface area is 131 Å². The molecular weight excluding hydrogens is 280 g/mol. The molecule has 0 saturated carbocycles. The molecule has 0 saturated heterocycles. The molecule has 0 bridgehead atoms. The van der Waals surface area contributed by atoms with Crippen molar-refractivity contribution in [3.63, 3.8) is 0 Å². The van der Waals surface area contributed by atoms with Crippen LogP contribution in [-0.2, 0) is 18.3 Å². The maximum atomic E-state index is 12.1. The molecule has 120 valence electrons. The number of allylic oxidation sites excluding steroid dienone is 1. The molecule has 0 unspecified atom stereocenters. The molecule has 5 heteroatoms. The lowest BCUT2D eigenvalue weighted by Crippen LogP contribution is -2.27. The van der Waals surface area contributed by atoms with Crippen LogP contribution in [0.4, 0.5) is 0 Å². The minimum atomic E-state index is -0.978. The van der Waals surface area contributed by atoms with Gasteiger partial charge >= 0.3 is 5.97 Å². The molecule has 2 rings (SSSR count). The van der Waals surface area contributed by atoms with Gasteiger partial charge in [-0.3, -0.25) is 4.79 Å². The predicted molar refractivity (Wildman–Crippen MR) is 85.0 cm³/mol. The molecule has 0 aromatic carbocycles. The first-order valence-corrected chi connectivity index (χ1v) is 7.81. The third kappa shape index (κ3) is 4.00.